The van der Waals surface area contributed by atoms with Gasteiger partial charge in [-0.3, -0.25) is 14.5 Å². The molecule has 3 aromatic rings. The highest BCUT2D eigenvalue weighted by Crippen LogP contribution is 2.24. The van der Waals surface area contributed by atoms with Crippen LogP contribution in [-0.2, 0) is 32.2 Å². The van der Waals surface area contributed by atoms with Crippen molar-refractivity contribution in [2.75, 3.05) is 33.0 Å². The quantitative estimate of drug-likeness (QED) is 0.0651. The third-order valence-electron chi connectivity index (χ3n) is 8.18. The van der Waals surface area contributed by atoms with Crippen LogP contribution >= 0.6 is 0 Å². The predicted molar refractivity (Wildman–Crippen MR) is 184 cm³/mol. The van der Waals surface area contributed by atoms with Crippen LogP contribution in [-0.4, -0.2) is 74.6 Å². The molecule has 0 bridgehead atoms. The molecule has 2 heterocycles. The van der Waals surface area contributed by atoms with Crippen molar-refractivity contribution in [2.24, 2.45) is 5.41 Å². The van der Waals surface area contributed by atoms with E-state index in [4.69, 9.17) is 9.47 Å². The van der Waals surface area contributed by atoms with Crippen LogP contribution in [0.5, 0.6) is 0 Å². The van der Waals surface area contributed by atoms with Gasteiger partial charge < -0.3 is 29.7 Å². The number of aromatic amines is 2. The third-order valence-corrected chi connectivity index (χ3v) is 8.18. The number of carbonyl (C=O) groups excluding carboxylic acids is 2. The number of rotatable bonds is 22. The van der Waals surface area contributed by atoms with Gasteiger partial charge in [-0.25, -0.2) is 9.97 Å². The first-order valence-electron chi connectivity index (χ1n) is 17.2. The van der Waals surface area contributed by atoms with Crippen LogP contribution in [0.2, 0.25) is 0 Å². The zero-order valence-electron chi connectivity index (χ0n) is 29.4. The molecule has 11 heteroatoms. The van der Waals surface area contributed by atoms with Crippen molar-refractivity contribution in [2.45, 2.75) is 105 Å². The topological polar surface area (TPSA) is 128 Å². The summed E-state index contributed by atoms with van der Waals surface area (Å²) in [5.74, 6) is 1.03. The van der Waals surface area contributed by atoms with Crippen LogP contribution in [0.3, 0.4) is 0 Å². The van der Waals surface area contributed by atoms with Gasteiger partial charge in [0.25, 0.3) is 0 Å². The lowest BCUT2D eigenvalue weighted by Gasteiger charge is -2.27. The molecule has 1 aromatic carbocycles. The van der Waals surface area contributed by atoms with E-state index in [-0.39, 0.29) is 25.3 Å². The van der Waals surface area contributed by atoms with Gasteiger partial charge in [0.2, 0.25) is 6.79 Å². The van der Waals surface area contributed by atoms with Gasteiger partial charge in [0.15, 0.2) is 0 Å². The second-order valence-corrected chi connectivity index (χ2v) is 13.2. The smallest absolute Gasteiger partial charge is 0.314 e. The van der Waals surface area contributed by atoms with Gasteiger partial charge in [0.1, 0.15) is 11.6 Å². The van der Waals surface area contributed by atoms with Gasteiger partial charge in [-0.15, -0.1) is 0 Å². The summed E-state index contributed by atoms with van der Waals surface area (Å²) in [6.07, 6.45) is 13.0. The van der Waals surface area contributed by atoms with Crippen molar-refractivity contribution in [3.8, 4) is 0 Å². The molecule has 0 amide bonds. The van der Waals surface area contributed by atoms with E-state index in [0.717, 1.165) is 57.1 Å². The predicted octanol–water partition coefficient (Wildman–Crippen LogP) is 6.30. The maximum absolute atomic E-state index is 12.4. The Morgan fingerprint density at radius 2 is 1.62 bits per heavy atom. The van der Waals surface area contributed by atoms with Crippen LogP contribution in [0.25, 0.3) is 0 Å². The van der Waals surface area contributed by atoms with Gasteiger partial charge in [-0.05, 0) is 84.1 Å². The normalized spacial score (nSPS) is 13.2. The van der Waals surface area contributed by atoms with Crippen molar-refractivity contribution in [3.05, 3.63) is 71.8 Å². The third kappa shape index (κ3) is 13.6. The van der Waals surface area contributed by atoms with Crippen molar-refractivity contribution in [3.63, 3.8) is 0 Å². The molecule has 2 unspecified atom stereocenters. The van der Waals surface area contributed by atoms with E-state index in [1.807, 2.05) is 12.4 Å². The SMILES string of the molecule is CCCN(CCC)CCCCC(NCCC(=O)OCOC(=O)C(C)(C)C)c1ccc(CN(Cc2ncc[nH]2)C(C)c2ncc[nH]2)cc1. The molecule has 3 N–H and O–H groups in total. The number of aromatic nitrogens is 4. The number of hydrogen-bond acceptors (Lipinski definition) is 9. The molecule has 0 fully saturated rings. The van der Waals surface area contributed by atoms with Gasteiger partial charge >= 0.3 is 11.9 Å². The molecule has 0 aliphatic carbocycles. The standard InChI is InChI=1S/C36H57N7O4/c1-7-22-42(23-8-2)24-10-9-11-31(37-17-16-33(44)46-27-47-35(45)36(4,5)6)30-14-12-29(13-15-30)25-43(26-32-38-18-19-39-32)28(3)34-40-20-21-41-34/h12-15,18-21,28,31,37H,7-11,16-17,22-27H2,1-6H3,(H,38,39)(H,40,41). The number of ether oxygens (including phenoxy) is 2. The monoisotopic (exact) mass is 651 g/mol. The number of nitrogens with one attached hydrogen (secondary N) is 3. The Morgan fingerprint density at radius 3 is 2.23 bits per heavy atom. The molecular formula is C36H57N7O4. The Kier molecular flexibility index (Phi) is 16.1. The summed E-state index contributed by atoms with van der Waals surface area (Å²) in [6.45, 7) is 16.8. The Balaban J connectivity index is 1.62. The Labute approximate surface area is 281 Å². The maximum Gasteiger partial charge on any atom is 0.314 e. The minimum absolute atomic E-state index is 0.0703. The van der Waals surface area contributed by atoms with Crippen molar-refractivity contribution in [1.82, 2.24) is 35.1 Å². The second-order valence-electron chi connectivity index (χ2n) is 13.2. The minimum Gasteiger partial charge on any atom is -0.428 e. The van der Waals surface area contributed by atoms with Gasteiger partial charge in [-0.1, -0.05) is 44.5 Å². The summed E-state index contributed by atoms with van der Waals surface area (Å²) in [7, 11) is 0. The molecule has 3 rings (SSSR count). The number of carbonyl (C=O) groups is 2. The molecule has 0 aliphatic rings. The number of H-pyrrole nitrogens is 2. The zero-order chi connectivity index (χ0) is 34.1. The number of benzene rings is 1. The summed E-state index contributed by atoms with van der Waals surface area (Å²) in [4.78, 5) is 44.6. The van der Waals surface area contributed by atoms with Crippen LogP contribution < -0.4 is 5.32 Å². The molecule has 2 atom stereocenters. The molecule has 0 spiro atoms. The number of esters is 2. The Morgan fingerprint density at radius 1 is 0.915 bits per heavy atom. The Bertz CT molecular complexity index is 1270. The van der Waals surface area contributed by atoms with Crippen LogP contribution in [0, 0.1) is 5.41 Å². The summed E-state index contributed by atoms with van der Waals surface area (Å²) in [6, 6.07) is 8.94. The number of nitrogens with zero attached hydrogens (tertiary/aromatic N) is 4. The molecule has 0 saturated heterocycles. The molecular weight excluding hydrogens is 594 g/mol. The number of imidazole rings is 2. The van der Waals surface area contributed by atoms with E-state index in [1.54, 1.807) is 33.2 Å². The van der Waals surface area contributed by atoms with E-state index >= 15 is 0 Å². The van der Waals surface area contributed by atoms with Crippen molar-refractivity contribution < 1.29 is 19.1 Å². The van der Waals surface area contributed by atoms with Gasteiger partial charge in [0, 0.05) is 43.9 Å². The first-order chi connectivity index (χ1) is 22.6. The molecule has 2 aromatic heterocycles. The molecule has 47 heavy (non-hydrogen) atoms. The van der Waals surface area contributed by atoms with E-state index in [1.165, 1.54) is 24.0 Å². The van der Waals surface area contributed by atoms with E-state index in [9.17, 15) is 9.59 Å². The number of unbranched alkanes of at least 4 members (excludes halogenated alkanes) is 1. The first kappa shape index (κ1) is 37.9. The average molecular weight is 652 g/mol. The highest BCUT2D eigenvalue weighted by molar-refractivity contribution is 5.75. The van der Waals surface area contributed by atoms with Gasteiger partial charge in [-0.2, -0.15) is 0 Å². The van der Waals surface area contributed by atoms with Crippen molar-refractivity contribution in [1.29, 1.82) is 0 Å². The van der Waals surface area contributed by atoms with Gasteiger partial charge in [0.05, 0.1) is 24.4 Å². The van der Waals surface area contributed by atoms with Crippen molar-refractivity contribution >= 4 is 11.9 Å². The summed E-state index contributed by atoms with van der Waals surface area (Å²) < 4.78 is 10.2. The molecule has 11 nitrogen and oxygen atoms in total. The zero-order valence-corrected chi connectivity index (χ0v) is 29.4. The maximum atomic E-state index is 12.4. The first-order valence-corrected chi connectivity index (χ1v) is 17.2. The Hall–Kier alpha value is -3.54. The lowest BCUT2D eigenvalue weighted by Crippen LogP contribution is -2.28. The molecule has 0 aliphatic heterocycles. The van der Waals surface area contributed by atoms with E-state index in [0.29, 0.717) is 13.1 Å². The summed E-state index contributed by atoms with van der Waals surface area (Å²) >= 11 is 0. The fourth-order valence-corrected chi connectivity index (χ4v) is 5.50. The molecule has 0 radical (unpaired) electrons. The minimum atomic E-state index is -0.643. The van der Waals surface area contributed by atoms with E-state index < -0.39 is 17.4 Å². The summed E-state index contributed by atoms with van der Waals surface area (Å²) in [5, 5.41) is 3.60. The fraction of sp³-hybridized carbons (Fsp3) is 0.611. The largest absolute Gasteiger partial charge is 0.428 e. The van der Waals surface area contributed by atoms with Crippen LogP contribution in [0.15, 0.2) is 49.1 Å². The van der Waals surface area contributed by atoms with E-state index in [2.05, 4.69) is 80.1 Å². The lowest BCUT2D eigenvalue weighted by molar-refractivity contribution is -0.173. The van der Waals surface area contributed by atoms with Crippen LogP contribution in [0.4, 0.5) is 0 Å². The highest BCUT2D eigenvalue weighted by Gasteiger charge is 2.23. The highest BCUT2D eigenvalue weighted by atomic mass is 16.7. The summed E-state index contributed by atoms with van der Waals surface area (Å²) in [5.41, 5.74) is 1.74. The second kappa shape index (κ2) is 20.0. The molecule has 0 saturated carbocycles. The van der Waals surface area contributed by atoms with Crippen LogP contribution in [0.1, 0.15) is 115 Å². The molecule has 260 valence electrons. The average Bonchev–Trinajstić information content (AvgIpc) is 3.77. The lowest BCUT2D eigenvalue weighted by atomic mass is 9.98. The number of hydrogen-bond donors (Lipinski definition) is 3. The fourth-order valence-electron chi connectivity index (χ4n) is 5.50.